The number of carboxylic acid groups (broad SMARTS) is 1. The first-order valence-corrected chi connectivity index (χ1v) is 8.18. The molecule has 0 bridgehead atoms. The Morgan fingerprint density at radius 3 is 2.62 bits per heavy atom. The van der Waals surface area contributed by atoms with Gasteiger partial charge in [-0.2, -0.15) is 0 Å². The van der Waals surface area contributed by atoms with Gasteiger partial charge in [-0.15, -0.1) is 11.3 Å². The molecule has 0 radical (unpaired) electrons. The maximum absolute atomic E-state index is 12.1. The summed E-state index contributed by atoms with van der Waals surface area (Å²) in [5, 5.41) is 13.8. The summed E-state index contributed by atoms with van der Waals surface area (Å²) in [4.78, 5) is 24.1. The van der Waals surface area contributed by atoms with Gasteiger partial charge in [0.15, 0.2) is 0 Å². The molecule has 0 aliphatic carbocycles. The van der Waals surface area contributed by atoms with E-state index in [2.05, 4.69) is 5.32 Å². The molecule has 24 heavy (non-hydrogen) atoms. The van der Waals surface area contributed by atoms with Crippen molar-refractivity contribution in [2.45, 2.75) is 6.42 Å². The maximum atomic E-state index is 12.1. The smallest absolute Gasteiger partial charge is 0.308 e. The van der Waals surface area contributed by atoms with Gasteiger partial charge < -0.3 is 19.9 Å². The van der Waals surface area contributed by atoms with Crippen molar-refractivity contribution in [2.24, 2.45) is 5.92 Å². The predicted octanol–water partition coefficient (Wildman–Crippen LogP) is 2.44. The summed E-state index contributed by atoms with van der Waals surface area (Å²) in [7, 11) is 3.07. The molecule has 1 heterocycles. The summed E-state index contributed by atoms with van der Waals surface area (Å²) in [6.07, 6.45) is 0.271. The van der Waals surface area contributed by atoms with Crippen LogP contribution in [-0.2, 0) is 11.2 Å². The number of ether oxygens (including phenoxy) is 2. The number of methoxy groups -OCH3 is 2. The second-order valence-corrected chi connectivity index (χ2v) is 6.02. The van der Waals surface area contributed by atoms with Crippen molar-refractivity contribution < 1.29 is 24.2 Å². The number of rotatable bonds is 8. The molecule has 0 spiro atoms. The average molecular weight is 349 g/mol. The molecular weight excluding hydrogens is 330 g/mol. The lowest BCUT2D eigenvalue weighted by Gasteiger charge is -2.15. The van der Waals surface area contributed by atoms with Gasteiger partial charge in [-0.3, -0.25) is 9.59 Å². The lowest BCUT2D eigenvalue weighted by Crippen LogP contribution is -2.33. The Bertz CT molecular complexity index is 713. The molecule has 1 atom stereocenters. The van der Waals surface area contributed by atoms with Gasteiger partial charge in [0.2, 0.25) is 0 Å². The highest BCUT2D eigenvalue weighted by molar-refractivity contribution is 7.12. The summed E-state index contributed by atoms with van der Waals surface area (Å²) in [6.45, 7) is 0.0342. The minimum absolute atomic E-state index is 0.0342. The number of thiophene rings is 1. The fourth-order valence-electron chi connectivity index (χ4n) is 2.23. The van der Waals surface area contributed by atoms with Gasteiger partial charge in [0, 0.05) is 18.0 Å². The summed E-state index contributed by atoms with van der Waals surface area (Å²) in [5.41, 5.74) is 0.791. The third kappa shape index (κ3) is 4.48. The van der Waals surface area contributed by atoms with E-state index in [1.165, 1.54) is 18.4 Å². The molecule has 2 aromatic rings. The standard InChI is InChI=1S/C17H19NO5S/c1-22-13-8-15(24-10-13)16(19)18-9-12(17(20)21)7-11-5-3-4-6-14(11)23-2/h3-6,8,10,12H,7,9H2,1-2H3,(H,18,19)(H,20,21). The van der Waals surface area contributed by atoms with Gasteiger partial charge in [0.25, 0.3) is 5.91 Å². The van der Waals surface area contributed by atoms with Gasteiger partial charge >= 0.3 is 5.97 Å². The van der Waals surface area contributed by atoms with Crippen LogP contribution < -0.4 is 14.8 Å². The zero-order chi connectivity index (χ0) is 17.5. The van der Waals surface area contributed by atoms with Gasteiger partial charge in [0.1, 0.15) is 11.5 Å². The number of hydrogen-bond donors (Lipinski definition) is 2. The summed E-state index contributed by atoms with van der Waals surface area (Å²) >= 11 is 1.25. The van der Waals surface area contributed by atoms with Crippen molar-refractivity contribution >= 4 is 23.2 Å². The number of hydrogen-bond acceptors (Lipinski definition) is 5. The molecule has 1 aromatic carbocycles. The van der Waals surface area contributed by atoms with E-state index in [0.29, 0.717) is 16.4 Å². The highest BCUT2D eigenvalue weighted by Gasteiger charge is 2.21. The van der Waals surface area contributed by atoms with Crippen LogP contribution in [0.4, 0.5) is 0 Å². The van der Waals surface area contributed by atoms with Crippen molar-refractivity contribution in [1.29, 1.82) is 0 Å². The molecule has 7 heteroatoms. The zero-order valence-corrected chi connectivity index (χ0v) is 14.3. The molecule has 1 unspecified atom stereocenters. The summed E-state index contributed by atoms with van der Waals surface area (Å²) in [5.74, 6) is -0.779. The van der Waals surface area contributed by atoms with Crippen molar-refractivity contribution in [3.63, 3.8) is 0 Å². The maximum Gasteiger partial charge on any atom is 0.308 e. The molecule has 0 saturated carbocycles. The first kappa shape index (κ1) is 17.8. The Morgan fingerprint density at radius 2 is 2.00 bits per heavy atom. The van der Waals surface area contributed by atoms with E-state index >= 15 is 0 Å². The molecule has 2 N–H and O–H groups in total. The number of para-hydroxylation sites is 1. The van der Waals surface area contributed by atoms with E-state index in [0.717, 1.165) is 5.56 Å². The molecule has 0 saturated heterocycles. The molecule has 1 aromatic heterocycles. The summed E-state index contributed by atoms with van der Waals surface area (Å²) in [6, 6.07) is 8.87. The van der Waals surface area contributed by atoms with E-state index in [1.807, 2.05) is 18.2 Å². The number of benzene rings is 1. The molecule has 2 rings (SSSR count). The lowest BCUT2D eigenvalue weighted by molar-refractivity contribution is -0.141. The second kappa shape index (κ2) is 8.35. The highest BCUT2D eigenvalue weighted by Crippen LogP contribution is 2.22. The Labute approximate surface area is 144 Å². The number of aliphatic carboxylic acids is 1. The number of carbonyl (C=O) groups is 2. The first-order chi connectivity index (χ1) is 11.5. The van der Waals surface area contributed by atoms with Crippen molar-refractivity contribution in [1.82, 2.24) is 5.32 Å². The Kier molecular flexibility index (Phi) is 6.20. The molecule has 0 aliphatic rings. The van der Waals surface area contributed by atoms with Gasteiger partial charge in [-0.1, -0.05) is 18.2 Å². The monoisotopic (exact) mass is 349 g/mol. The van der Waals surface area contributed by atoms with Crippen LogP contribution in [0.1, 0.15) is 15.2 Å². The van der Waals surface area contributed by atoms with Crippen LogP contribution in [0.2, 0.25) is 0 Å². The fraction of sp³-hybridized carbons (Fsp3) is 0.294. The van der Waals surface area contributed by atoms with E-state index in [4.69, 9.17) is 9.47 Å². The lowest BCUT2D eigenvalue weighted by atomic mass is 9.98. The largest absolute Gasteiger partial charge is 0.496 e. The Balaban J connectivity index is 2.01. The van der Waals surface area contributed by atoms with E-state index in [9.17, 15) is 14.7 Å². The van der Waals surface area contributed by atoms with Crippen LogP contribution in [0.5, 0.6) is 11.5 Å². The van der Waals surface area contributed by atoms with Crippen LogP contribution in [0.25, 0.3) is 0 Å². The fourth-order valence-corrected chi connectivity index (χ4v) is 3.00. The van der Waals surface area contributed by atoms with Crippen molar-refractivity contribution in [3.05, 3.63) is 46.2 Å². The predicted molar refractivity (Wildman–Crippen MR) is 91.0 cm³/mol. The molecular formula is C17H19NO5S. The number of carbonyl (C=O) groups excluding carboxylic acids is 1. The topological polar surface area (TPSA) is 84.9 Å². The molecule has 128 valence electrons. The third-order valence-corrected chi connectivity index (χ3v) is 4.46. The highest BCUT2D eigenvalue weighted by atomic mass is 32.1. The summed E-state index contributed by atoms with van der Waals surface area (Å²) < 4.78 is 10.3. The SMILES string of the molecule is COc1csc(C(=O)NCC(Cc2ccccc2OC)C(=O)O)c1. The number of carboxylic acids is 1. The average Bonchev–Trinajstić information content (AvgIpc) is 3.07. The quantitative estimate of drug-likeness (QED) is 0.765. The van der Waals surface area contributed by atoms with Crippen LogP contribution in [-0.4, -0.2) is 37.7 Å². The molecule has 1 amide bonds. The third-order valence-electron chi connectivity index (χ3n) is 3.55. The minimum atomic E-state index is -0.968. The van der Waals surface area contributed by atoms with Gasteiger partial charge in [-0.05, 0) is 18.1 Å². The normalized spacial score (nSPS) is 11.6. The van der Waals surface area contributed by atoms with Crippen LogP contribution in [0.15, 0.2) is 35.7 Å². The van der Waals surface area contributed by atoms with Crippen molar-refractivity contribution in [2.75, 3.05) is 20.8 Å². The Morgan fingerprint density at radius 1 is 1.25 bits per heavy atom. The van der Waals surface area contributed by atoms with Crippen molar-refractivity contribution in [3.8, 4) is 11.5 Å². The van der Waals surface area contributed by atoms with Crippen LogP contribution >= 0.6 is 11.3 Å². The van der Waals surface area contributed by atoms with Gasteiger partial charge in [0.05, 0.1) is 25.0 Å². The van der Waals surface area contributed by atoms with Crippen LogP contribution in [0, 0.1) is 5.92 Å². The Hall–Kier alpha value is -2.54. The zero-order valence-electron chi connectivity index (χ0n) is 13.4. The second-order valence-electron chi connectivity index (χ2n) is 5.11. The molecule has 0 fully saturated rings. The minimum Gasteiger partial charge on any atom is -0.496 e. The molecule has 6 nitrogen and oxygen atoms in total. The number of nitrogens with one attached hydrogen (secondary N) is 1. The first-order valence-electron chi connectivity index (χ1n) is 7.30. The molecule has 0 aliphatic heterocycles. The van der Waals surface area contributed by atoms with E-state index < -0.39 is 11.9 Å². The number of amides is 1. The van der Waals surface area contributed by atoms with E-state index in [-0.39, 0.29) is 18.9 Å². The van der Waals surface area contributed by atoms with Crippen LogP contribution in [0.3, 0.4) is 0 Å². The van der Waals surface area contributed by atoms with Gasteiger partial charge in [-0.25, -0.2) is 0 Å². The van der Waals surface area contributed by atoms with E-state index in [1.54, 1.807) is 24.6 Å².